The maximum atomic E-state index is 8.84. The predicted octanol–water partition coefficient (Wildman–Crippen LogP) is 2.59. The average molecular weight is 245 g/mol. The molecule has 0 unspecified atom stereocenters. The highest BCUT2D eigenvalue weighted by molar-refractivity contribution is 6.33. The van der Waals surface area contributed by atoms with Gasteiger partial charge in [-0.15, -0.1) is 0 Å². The van der Waals surface area contributed by atoms with E-state index in [9.17, 15) is 0 Å². The van der Waals surface area contributed by atoms with Crippen molar-refractivity contribution in [1.29, 1.82) is 0 Å². The quantitative estimate of drug-likeness (QED) is 0.865. The van der Waals surface area contributed by atoms with E-state index in [1.54, 1.807) is 14.2 Å². The fourth-order valence-electron chi connectivity index (χ4n) is 1.67. The summed E-state index contributed by atoms with van der Waals surface area (Å²) in [6.45, 7) is 2.13. The molecule has 0 saturated heterocycles. The molecule has 1 N–H and O–H groups in total. The molecule has 4 heteroatoms. The molecule has 0 amide bonds. The topological polar surface area (TPSA) is 38.7 Å². The van der Waals surface area contributed by atoms with E-state index in [1.807, 2.05) is 13.0 Å². The summed E-state index contributed by atoms with van der Waals surface area (Å²) in [7, 11) is 3.15. The van der Waals surface area contributed by atoms with Crippen molar-refractivity contribution in [3.05, 3.63) is 22.2 Å². The van der Waals surface area contributed by atoms with Crippen LogP contribution in [0.4, 0.5) is 0 Å². The van der Waals surface area contributed by atoms with E-state index in [0.717, 1.165) is 17.5 Å². The molecule has 0 saturated carbocycles. The number of aryl methyl sites for hydroxylation is 1. The van der Waals surface area contributed by atoms with E-state index in [-0.39, 0.29) is 6.61 Å². The summed E-state index contributed by atoms with van der Waals surface area (Å²) in [6.07, 6.45) is 1.43. The van der Waals surface area contributed by atoms with Gasteiger partial charge in [0.15, 0.2) is 11.5 Å². The minimum atomic E-state index is 0.157. The summed E-state index contributed by atoms with van der Waals surface area (Å²) >= 11 is 6.25. The molecule has 1 aromatic carbocycles. The Bertz CT molecular complexity index is 364. The Labute approximate surface area is 101 Å². The molecule has 3 nitrogen and oxygen atoms in total. The zero-order valence-electron chi connectivity index (χ0n) is 9.84. The van der Waals surface area contributed by atoms with Gasteiger partial charge in [-0.25, -0.2) is 0 Å². The molecular weight excluding hydrogens is 228 g/mol. The Kier molecular flexibility index (Phi) is 4.90. The Morgan fingerprint density at radius 3 is 2.50 bits per heavy atom. The first kappa shape index (κ1) is 13.1. The van der Waals surface area contributed by atoms with Crippen molar-refractivity contribution in [1.82, 2.24) is 0 Å². The monoisotopic (exact) mass is 244 g/mol. The van der Waals surface area contributed by atoms with Crippen molar-refractivity contribution in [3.8, 4) is 11.5 Å². The van der Waals surface area contributed by atoms with Gasteiger partial charge in [0.1, 0.15) is 0 Å². The Hall–Kier alpha value is -0.930. The van der Waals surface area contributed by atoms with Crippen molar-refractivity contribution < 1.29 is 14.6 Å². The standard InChI is InChI=1S/C12H17ClO3/c1-8-7-10(15-2)12(16-3)11(13)9(8)5-4-6-14/h7,14H,4-6H2,1-3H3. The van der Waals surface area contributed by atoms with E-state index < -0.39 is 0 Å². The lowest BCUT2D eigenvalue weighted by Gasteiger charge is -2.15. The highest BCUT2D eigenvalue weighted by Crippen LogP contribution is 2.39. The Balaban J connectivity index is 3.18. The van der Waals surface area contributed by atoms with Crippen LogP contribution in [0.3, 0.4) is 0 Å². The second-order valence-corrected chi connectivity index (χ2v) is 3.93. The van der Waals surface area contributed by atoms with Gasteiger partial charge in [0.05, 0.1) is 19.2 Å². The van der Waals surface area contributed by atoms with Crippen LogP contribution in [0.5, 0.6) is 11.5 Å². The van der Waals surface area contributed by atoms with E-state index in [4.69, 9.17) is 26.2 Å². The molecule has 90 valence electrons. The first-order chi connectivity index (χ1) is 7.65. The molecule has 0 aliphatic carbocycles. The smallest absolute Gasteiger partial charge is 0.179 e. The summed E-state index contributed by atoms with van der Waals surface area (Å²) in [6, 6.07) is 1.90. The Morgan fingerprint density at radius 1 is 1.31 bits per heavy atom. The average Bonchev–Trinajstić information content (AvgIpc) is 2.28. The third-order valence-corrected chi connectivity index (χ3v) is 2.92. The molecule has 0 aromatic heterocycles. The van der Waals surface area contributed by atoms with E-state index in [1.165, 1.54) is 0 Å². The number of rotatable bonds is 5. The predicted molar refractivity (Wildman–Crippen MR) is 64.7 cm³/mol. The molecular formula is C12H17ClO3. The van der Waals surface area contributed by atoms with Gasteiger partial charge in [-0.2, -0.15) is 0 Å². The number of aliphatic hydroxyl groups excluding tert-OH is 1. The molecule has 0 bridgehead atoms. The minimum absolute atomic E-state index is 0.157. The van der Waals surface area contributed by atoms with E-state index >= 15 is 0 Å². The SMILES string of the molecule is COc1cc(C)c(CCCO)c(Cl)c1OC. The molecule has 1 rings (SSSR count). The van der Waals surface area contributed by atoms with Crippen LogP contribution in [0, 0.1) is 6.92 Å². The summed E-state index contributed by atoms with van der Waals surface area (Å²) in [4.78, 5) is 0. The molecule has 0 fully saturated rings. The third kappa shape index (κ3) is 2.60. The zero-order chi connectivity index (χ0) is 12.1. The van der Waals surface area contributed by atoms with Gasteiger partial charge in [0.2, 0.25) is 0 Å². The summed E-state index contributed by atoms with van der Waals surface area (Å²) in [5.41, 5.74) is 2.06. The van der Waals surface area contributed by atoms with Crippen LogP contribution >= 0.6 is 11.6 Å². The van der Waals surface area contributed by atoms with Crippen LogP contribution in [0.25, 0.3) is 0 Å². The van der Waals surface area contributed by atoms with E-state index in [0.29, 0.717) is 22.9 Å². The second-order valence-electron chi connectivity index (χ2n) is 3.55. The lowest BCUT2D eigenvalue weighted by Crippen LogP contribution is -1.99. The lowest BCUT2D eigenvalue weighted by molar-refractivity contribution is 0.288. The molecule has 1 aromatic rings. The maximum absolute atomic E-state index is 8.84. The number of hydrogen-bond donors (Lipinski definition) is 1. The number of benzene rings is 1. The fraction of sp³-hybridized carbons (Fsp3) is 0.500. The van der Waals surface area contributed by atoms with E-state index in [2.05, 4.69) is 0 Å². The molecule has 0 spiro atoms. The first-order valence-electron chi connectivity index (χ1n) is 5.16. The minimum Gasteiger partial charge on any atom is -0.493 e. The van der Waals surface area contributed by atoms with Crippen molar-refractivity contribution >= 4 is 11.6 Å². The van der Waals surface area contributed by atoms with Crippen LogP contribution in [0.2, 0.25) is 5.02 Å². The maximum Gasteiger partial charge on any atom is 0.179 e. The van der Waals surface area contributed by atoms with Crippen LogP contribution < -0.4 is 9.47 Å². The van der Waals surface area contributed by atoms with Crippen LogP contribution in [-0.2, 0) is 6.42 Å². The van der Waals surface area contributed by atoms with Crippen molar-refractivity contribution in [2.24, 2.45) is 0 Å². The van der Waals surface area contributed by atoms with Gasteiger partial charge >= 0.3 is 0 Å². The number of hydrogen-bond acceptors (Lipinski definition) is 3. The number of methoxy groups -OCH3 is 2. The van der Waals surface area contributed by atoms with Crippen molar-refractivity contribution in [3.63, 3.8) is 0 Å². The summed E-state index contributed by atoms with van der Waals surface area (Å²) in [5.74, 6) is 1.19. The normalized spacial score (nSPS) is 10.3. The van der Waals surface area contributed by atoms with Crippen molar-refractivity contribution in [2.75, 3.05) is 20.8 Å². The first-order valence-corrected chi connectivity index (χ1v) is 5.54. The molecule has 0 radical (unpaired) electrons. The fourth-order valence-corrected chi connectivity index (χ4v) is 2.09. The zero-order valence-corrected chi connectivity index (χ0v) is 10.6. The summed E-state index contributed by atoms with van der Waals surface area (Å²) in [5, 5.41) is 9.41. The van der Waals surface area contributed by atoms with Gasteiger partial charge in [-0.3, -0.25) is 0 Å². The van der Waals surface area contributed by atoms with Crippen LogP contribution in [0.15, 0.2) is 6.07 Å². The molecule has 16 heavy (non-hydrogen) atoms. The number of ether oxygens (including phenoxy) is 2. The largest absolute Gasteiger partial charge is 0.493 e. The third-order valence-electron chi connectivity index (χ3n) is 2.52. The lowest BCUT2D eigenvalue weighted by atomic mass is 10.0. The van der Waals surface area contributed by atoms with Gasteiger partial charge in [0.25, 0.3) is 0 Å². The van der Waals surface area contributed by atoms with Gasteiger partial charge in [-0.1, -0.05) is 11.6 Å². The molecule has 0 heterocycles. The highest BCUT2D eigenvalue weighted by Gasteiger charge is 2.15. The van der Waals surface area contributed by atoms with Gasteiger partial charge in [0, 0.05) is 6.61 Å². The molecule has 0 aliphatic heterocycles. The van der Waals surface area contributed by atoms with Crippen LogP contribution in [0.1, 0.15) is 17.5 Å². The molecule has 0 atom stereocenters. The highest BCUT2D eigenvalue weighted by atomic mass is 35.5. The van der Waals surface area contributed by atoms with Gasteiger partial charge < -0.3 is 14.6 Å². The Morgan fingerprint density at radius 2 is 2.00 bits per heavy atom. The van der Waals surface area contributed by atoms with Crippen molar-refractivity contribution in [2.45, 2.75) is 19.8 Å². The second kappa shape index (κ2) is 5.97. The number of aliphatic hydroxyl groups is 1. The number of halogens is 1. The summed E-state index contributed by atoms with van der Waals surface area (Å²) < 4.78 is 10.4. The van der Waals surface area contributed by atoms with Crippen LogP contribution in [-0.4, -0.2) is 25.9 Å². The molecule has 0 aliphatic rings. The van der Waals surface area contributed by atoms with Gasteiger partial charge in [-0.05, 0) is 37.0 Å².